The Morgan fingerprint density at radius 2 is 1.30 bits per heavy atom. The van der Waals surface area contributed by atoms with Gasteiger partial charge < -0.3 is 68.7 Å². The molecular formula is C66H77F2N13O10S3. The number of primary amides is 1. The van der Waals surface area contributed by atoms with Crippen LogP contribution in [0, 0.1) is 11.6 Å². The van der Waals surface area contributed by atoms with E-state index in [0.29, 0.717) is 81.6 Å². The number of fused-ring (bicyclic) bond motifs is 7. The number of benzene rings is 4. The number of aromatic hydroxyl groups is 1. The summed E-state index contributed by atoms with van der Waals surface area (Å²) in [5.41, 5.74) is 14.6. The molecular weight excluding hydrogens is 1270 g/mol. The minimum absolute atomic E-state index is 0.0293. The zero-order valence-electron chi connectivity index (χ0n) is 52.1. The number of thiazole rings is 1. The van der Waals surface area contributed by atoms with Gasteiger partial charge in [0.1, 0.15) is 69.1 Å². The highest BCUT2D eigenvalue weighted by molar-refractivity contribution is 7.98. The molecule has 3 aromatic heterocycles. The van der Waals surface area contributed by atoms with Crippen LogP contribution in [0.1, 0.15) is 108 Å². The van der Waals surface area contributed by atoms with Crippen molar-refractivity contribution in [3.63, 3.8) is 0 Å². The highest BCUT2D eigenvalue weighted by Gasteiger charge is 2.48. The van der Waals surface area contributed by atoms with Gasteiger partial charge in [0, 0.05) is 89.4 Å². The maximum absolute atomic E-state index is 15.0. The molecule has 0 aliphatic carbocycles. The van der Waals surface area contributed by atoms with E-state index in [-0.39, 0.29) is 66.5 Å². The first kappa shape index (κ1) is 69.5. The number of carbonyl (C=O) groups excluding carboxylic acids is 9. The molecule has 5 heterocycles. The summed E-state index contributed by atoms with van der Waals surface area (Å²) in [6, 6.07) is 13.3. The molecule has 94 heavy (non-hydrogen) atoms. The molecule has 14 N–H and O–H groups in total. The van der Waals surface area contributed by atoms with E-state index in [0.717, 1.165) is 22.5 Å². The Balaban J connectivity index is 1.02. The van der Waals surface area contributed by atoms with Crippen molar-refractivity contribution in [3.05, 3.63) is 153 Å². The molecule has 9 amide bonds. The quantitative estimate of drug-likeness (QED) is 0.0750. The molecule has 2 aliphatic rings. The van der Waals surface area contributed by atoms with Crippen molar-refractivity contribution in [3.8, 4) is 5.75 Å². The van der Waals surface area contributed by atoms with Gasteiger partial charge in [-0.05, 0) is 136 Å². The maximum Gasteiger partial charge on any atom is 0.263 e. The number of unbranched alkanes of at least 4 members (excludes halogenated alkanes) is 1. The summed E-state index contributed by atoms with van der Waals surface area (Å²) in [7, 11) is 0. The van der Waals surface area contributed by atoms with E-state index < -0.39 is 113 Å². The fraction of sp³-hybridized carbons (Fsp3) is 0.394. The first-order valence-electron chi connectivity index (χ1n) is 31.0. The number of phenols is 1. The van der Waals surface area contributed by atoms with E-state index in [1.807, 2.05) is 24.3 Å². The monoisotopic (exact) mass is 1350 g/mol. The van der Waals surface area contributed by atoms with Crippen molar-refractivity contribution in [2.24, 2.45) is 11.5 Å². The molecule has 9 rings (SSSR count). The van der Waals surface area contributed by atoms with Crippen LogP contribution in [0.15, 0.2) is 104 Å². The molecule has 2 aliphatic heterocycles. The number of rotatable bonds is 11. The third kappa shape index (κ3) is 17.9. The first-order chi connectivity index (χ1) is 45.0. The third-order valence-corrected chi connectivity index (χ3v) is 20.0. The van der Waals surface area contributed by atoms with Crippen LogP contribution in [0.3, 0.4) is 0 Å². The largest absolute Gasteiger partial charge is 0.508 e. The van der Waals surface area contributed by atoms with Gasteiger partial charge in [0.25, 0.3) is 5.91 Å². The van der Waals surface area contributed by atoms with Crippen LogP contribution in [-0.2, 0) is 69.1 Å². The number of carbonyl (C=O) groups is 9. The van der Waals surface area contributed by atoms with Crippen LogP contribution in [0.25, 0.3) is 21.8 Å². The molecule has 4 bridgehead atoms. The minimum Gasteiger partial charge on any atom is -0.508 e. The lowest BCUT2D eigenvalue weighted by atomic mass is 9.95. The predicted molar refractivity (Wildman–Crippen MR) is 356 cm³/mol. The number of nitrogens with one attached hydrogen (secondary N) is 9. The van der Waals surface area contributed by atoms with Crippen LogP contribution in [0.2, 0.25) is 0 Å². The van der Waals surface area contributed by atoms with Gasteiger partial charge in [0.2, 0.25) is 47.3 Å². The van der Waals surface area contributed by atoms with Gasteiger partial charge in [-0.3, -0.25) is 43.2 Å². The molecule has 4 aromatic carbocycles. The molecule has 23 nitrogen and oxygen atoms in total. The normalized spacial score (nSPS) is 23.3. The summed E-state index contributed by atoms with van der Waals surface area (Å²) >= 11 is 3.77. The lowest BCUT2D eigenvalue weighted by Crippen LogP contribution is -2.62. The van der Waals surface area contributed by atoms with Crippen molar-refractivity contribution in [2.75, 3.05) is 24.6 Å². The summed E-state index contributed by atoms with van der Waals surface area (Å²) in [6.45, 7) is 5.06. The van der Waals surface area contributed by atoms with Crippen LogP contribution >= 0.6 is 34.9 Å². The first-order valence-corrected chi connectivity index (χ1v) is 34.1. The summed E-state index contributed by atoms with van der Waals surface area (Å²) in [6.07, 6.45) is 5.76. The van der Waals surface area contributed by atoms with Gasteiger partial charge in [-0.2, -0.15) is 23.5 Å². The zero-order valence-corrected chi connectivity index (χ0v) is 54.6. The Labute approximate surface area is 553 Å². The number of hydrogen-bond donors (Lipinski definition) is 12. The molecule has 7 aromatic rings. The number of nitrogens with zero attached hydrogens (tertiary/aromatic N) is 2. The number of phenolic OH excluding ortho intramolecular Hbond substituents is 1. The number of aromatic nitrogens is 3. The van der Waals surface area contributed by atoms with Gasteiger partial charge in [-0.25, -0.2) is 13.8 Å². The zero-order chi connectivity index (χ0) is 67.2. The van der Waals surface area contributed by atoms with Gasteiger partial charge in [0.05, 0.1) is 12.2 Å². The number of halogens is 2. The molecule has 0 spiro atoms. The van der Waals surface area contributed by atoms with Crippen molar-refractivity contribution in [1.29, 1.82) is 0 Å². The van der Waals surface area contributed by atoms with Crippen molar-refractivity contribution in [1.82, 2.24) is 57.1 Å². The average molecular weight is 1350 g/mol. The molecule has 8 atom stereocenters. The molecule has 0 saturated carbocycles. The Morgan fingerprint density at radius 1 is 0.691 bits per heavy atom. The van der Waals surface area contributed by atoms with Gasteiger partial charge in [-0.15, -0.1) is 11.3 Å². The fourth-order valence-corrected chi connectivity index (χ4v) is 14.2. The van der Waals surface area contributed by atoms with E-state index in [1.54, 1.807) is 38.4 Å². The highest BCUT2D eigenvalue weighted by atomic mass is 32.2. The molecule has 1 fully saturated rings. The van der Waals surface area contributed by atoms with E-state index in [2.05, 4.69) is 52.2 Å². The second-order valence-electron chi connectivity index (χ2n) is 23.8. The van der Waals surface area contributed by atoms with Crippen molar-refractivity contribution >= 4 is 110 Å². The van der Waals surface area contributed by atoms with E-state index >= 15 is 0 Å². The number of amides is 9. The minimum atomic E-state index is -1.49. The number of nitrogens with two attached hydrogens (primary N) is 2. The Kier molecular flexibility index (Phi) is 23.5. The van der Waals surface area contributed by atoms with E-state index in [9.17, 15) is 57.0 Å². The van der Waals surface area contributed by atoms with Crippen LogP contribution in [-0.4, -0.2) is 145 Å². The molecule has 0 unspecified atom stereocenters. The molecule has 498 valence electrons. The summed E-state index contributed by atoms with van der Waals surface area (Å²) in [5.74, 6) is -5.92. The van der Waals surface area contributed by atoms with E-state index in [1.165, 1.54) is 90.1 Å². The standard InChI is InChI=1S/C66H77F2N13O10S3/c1-36-58(85)77-52(27-42-31-72-49-18-14-44(68)29-47(42)49)61(88)78-51(26-41-30-71-48-17-13-43(67)28-46(41)48)60(87)75-37(2)63-73-32-55(94-63)62(89)79-53(25-38-11-15-45(82)16-12-38)64(90)81-22-7-20-66(81,3)65(91)80-54(57(70)84)35-93-34-40-9-6-8-39(24-40)33-92-23-19-56(83)76-50(59(86)74-36)10-4-5-21-69/h6,8-9,11-18,24,28-32,36-37,50-54,71-72,82H,4-5,7,10,19-23,25-27,33-35,69H2,1-3H3,(H2,70,84)(H,74,86)(H,75,87)(H,76,83)(H,77,85)(H,78,88)(H,79,89)(H,80,91)/t36-,37+,50+,51+,52-,53+,54+,66+/m1/s1. The second kappa shape index (κ2) is 31.8. The third-order valence-electron chi connectivity index (χ3n) is 16.7. The van der Waals surface area contributed by atoms with Crippen LogP contribution in [0.5, 0.6) is 5.75 Å². The topological polar surface area (TPSA) is 358 Å². The number of thioether (sulfide) groups is 2. The predicted octanol–water partition coefficient (Wildman–Crippen LogP) is 5.10. The summed E-state index contributed by atoms with van der Waals surface area (Å²) < 4.78 is 29.7. The molecule has 28 heteroatoms. The Bertz CT molecular complexity index is 3920. The van der Waals surface area contributed by atoms with Gasteiger partial charge in [-0.1, -0.05) is 36.4 Å². The molecule has 1 saturated heterocycles. The summed E-state index contributed by atoms with van der Waals surface area (Å²) in [5, 5.41) is 30.7. The molecule has 0 radical (unpaired) electrons. The number of aromatic amines is 2. The number of H-pyrrole nitrogens is 2. The van der Waals surface area contributed by atoms with Crippen LogP contribution in [0.4, 0.5) is 8.78 Å². The van der Waals surface area contributed by atoms with Crippen molar-refractivity contribution < 1.29 is 57.0 Å². The Hall–Kier alpha value is -8.86. The lowest BCUT2D eigenvalue weighted by Gasteiger charge is -2.37. The Morgan fingerprint density at radius 3 is 1.94 bits per heavy atom. The number of hydrogen-bond acceptors (Lipinski definition) is 15. The second-order valence-corrected chi connectivity index (χ2v) is 27.0. The fourth-order valence-electron chi connectivity index (χ4n) is 11.4. The smallest absolute Gasteiger partial charge is 0.263 e. The lowest BCUT2D eigenvalue weighted by molar-refractivity contribution is -0.146. The SMILES string of the molecule is C[C@@H]1NC(=O)[C@H](Cc2c[nH]c3ccc(F)cc23)NC(=O)[C@@H](Cc2c[nH]c3ccc(F)cc23)NC(=O)[C@@H](C)NC(=O)[C@H](CCCCN)NC(=O)CCSCc2cccc(c2)CSC[C@@H](C(N)=O)NC(=O)[C@]2(C)CCCN2C(=O)[C@H](Cc2ccc(O)cc2)NC(=O)c2cnc1s2. The average Bonchev–Trinajstić information content (AvgIpc) is 1.60. The summed E-state index contributed by atoms with van der Waals surface area (Å²) in [4.78, 5) is 141. The van der Waals surface area contributed by atoms with Gasteiger partial charge in [0.15, 0.2) is 0 Å². The maximum atomic E-state index is 15.0. The van der Waals surface area contributed by atoms with Crippen molar-refractivity contribution in [2.45, 2.75) is 138 Å². The van der Waals surface area contributed by atoms with Gasteiger partial charge >= 0.3 is 0 Å². The van der Waals surface area contributed by atoms with E-state index in [4.69, 9.17) is 11.5 Å². The highest BCUT2D eigenvalue weighted by Crippen LogP contribution is 2.32. The van der Waals surface area contributed by atoms with Crippen LogP contribution < -0.4 is 48.7 Å².